The Labute approximate surface area is 102 Å². The van der Waals surface area contributed by atoms with Gasteiger partial charge < -0.3 is 10.2 Å². The Balaban J connectivity index is 2.00. The smallest absolute Gasteiger partial charge is 0.241 e. The fraction of sp³-hybridized carbons (Fsp3) is 0.500. The van der Waals surface area contributed by atoms with Crippen molar-refractivity contribution in [3.05, 3.63) is 29.3 Å². The minimum Gasteiger partial charge on any atom is -0.306 e. The molecule has 0 aliphatic carbocycles. The first-order valence-corrected chi connectivity index (χ1v) is 6.32. The average molecular weight is 230 g/mol. The van der Waals surface area contributed by atoms with Crippen LogP contribution in [0.25, 0.3) is 0 Å². The van der Waals surface area contributed by atoms with Crippen LogP contribution in [0.2, 0.25) is 0 Å². The number of fused-ring (bicyclic) bond motifs is 3. The van der Waals surface area contributed by atoms with Crippen LogP contribution in [-0.2, 0) is 11.2 Å². The molecule has 17 heavy (non-hydrogen) atoms. The van der Waals surface area contributed by atoms with Crippen LogP contribution in [0.4, 0.5) is 5.69 Å². The largest absolute Gasteiger partial charge is 0.306 e. The van der Waals surface area contributed by atoms with Crippen LogP contribution in [0, 0.1) is 0 Å². The summed E-state index contributed by atoms with van der Waals surface area (Å²) in [7, 11) is 0. The van der Waals surface area contributed by atoms with Gasteiger partial charge in [-0.1, -0.05) is 26.0 Å². The molecule has 2 heterocycles. The van der Waals surface area contributed by atoms with E-state index >= 15 is 0 Å². The van der Waals surface area contributed by atoms with E-state index in [9.17, 15) is 4.79 Å². The highest BCUT2D eigenvalue weighted by atomic mass is 16.2. The van der Waals surface area contributed by atoms with Gasteiger partial charge >= 0.3 is 0 Å². The zero-order valence-electron chi connectivity index (χ0n) is 10.4. The molecule has 1 unspecified atom stereocenters. The molecule has 0 saturated carbocycles. The molecule has 0 aromatic heterocycles. The molecule has 2 aliphatic heterocycles. The van der Waals surface area contributed by atoms with E-state index in [1.807, 2.05) is 4.90 Å². The molecule has 3 rings (SSSR count). The number of nitrogens with zero attached hydrogens (tertiary/aromatic N) is 1. The summed E-state index contributed by atoms with van der Waals surface area (Å²) in [6, 6.07) is 6.87. The first-order chi connectivity index (χ1) is 8.16. The Morgan fingerprint density at radius 2 is 2.24 bits per heavy atom. The van der Waals surface area contributed by atoms with Crippen molar-refractivity contribution in [1.82, 2.24) is 5.32 Å². The molecule has 1 amide bonds. The molecular formula is C14H18N2O. The summed E-state index contributed by atoms with van der Waals surface area (Å²) in [6.45, 7) is 5.80. The second-order valence-electron chi connectivity index (χ2n) is 5.30. The highest BCUT2D eigenvalue weighted by Crippen LogP contribution is 2.35. The van der Waals surface area contributed by atoms with Crippen molar-refractivity contribution in [2.45, 2.75) is 32.2 Å². The van der Waals surface area contributed by atoms with E-state index in [0.717, 1.165) is 18.7 Å². The topological polar surface area (TPSA) is 32.3 Å². The number of nitrogens with one attached hydrogen (secondary N) is 1. The lowest BCUT2D eigenvalue weighted by Crippen LogP contribution is -2.53. The van der Waals surface area contributed by atoms with Crippen molar-refractivity contribution in [2.75, 3.05) is 18.0 Å². The van der Waals surface area contributed by atoms with Crippen LogP contribution < -0.4 is 10.2 Å². The molecule has 0 spiro atoms. The molecule has 0 bridgehead atoms. The Morgan fingerprint density at radius 3 is 3.00 bits per heavy atom. The predicted molar refractivity (Wildman–Crippen MR) is 68.4 cm³/mol. The molecule has 1 aromatic rings. The van der Waals surface area contributed by atoms with Gasteiger partial charge in [-0.2, -0.15) is 0 Å². The van der Waals surface area contributed by atoms with Crippen LogP contribution in [0.1, 0.15) is 30.9 Å². The summed E-state index contributed by atoms with van der Waals surface area (Å²) in [5.74, 6) is 0.754. The third-order valence-electron chi connectivity index (χ3n) is 3.78. The maximum atomic E-state index is 11.9. The van der Waals surface area contributed by atoms with E-state index in [1.54, 1.807) is 0 Å². The molecule has 1 aromatic carbocycles. The molecule has 1 fully saturated rings. The van der Waals surface area contributed by atoms with Crippen molar-refractivity contribution in [2.24, 2.45) is 0 Å². The van der Waals surface area contributed by atoms with Gasteiger partial charge in [-0.15, -0.1) is 0 Å². The van der Waals surface area contributed by atoms with Gasteiger partial charge in [-0.05, 0) is 29.5 Å². The van der Waals surface area contributed by atoms with E-state index in [-0.39, 0.29) is 5.91 Å². The van der Waals surface area contributed by atoms with Crippen molar-refractivity contribution in [3.8, 4) is 0 Å². The van der Waals surface area contributed by atoms with Crippen LogP contribution in [0.3, 0.4) is 0 Å². The SMILES string of the molecule is CC(C)c1ccc2c(c1)CC1CNCC(=O)N21. The minimum atomic E-state index is 0.206. The third kappa shape index (κ3) is 1.65. The number of amides is 1. The van der Waals surface area contributed by atoms with E-state index in [1.165, 1.54) is 11.1 Å². The van der Waals surface area contributed by atoms with Gasteiger partial charge in [-0.25, -0.2) is 0 Å². The van der Waals surface area contributed by atoms with Gasteiger partial charge in [0.15, 0.2) is 0 Å². The minimum absolute atomic E-state index is 0.206. The third-order valence-corrected chi connectivity index (χ3v) is 3.78. The Hall–Kier alpha value is -1.35. The summed E-state index contributed by atoms with van der Waals surface area (Å²) in [5.41, 5.74) is 3.83. The molecule has 1 saturated heterocycles. The molecule has 3 nitrogen and oxygen atoms in total. The number of carbonyl (C=O) groups excluding carboxylic acids is 1. The van der Waals surface area contributed by atoms with Crippen LogP contribution in [0.15, 0.2) is 18.2 Å². The zero-order valence-corrected chi connectivity index (χ0v) is 10.4. The van der Waals surface area contributed by atoms with Gasteiger partial charge in [0.05, 0.1) is 12.6 Å². The first-order valence-electron chi connectivity index (χ1n) is 6.32. The molecule has 1 N–H and O–H groups in total. The molecule has 2 aliphatic rings. The van der Waals surface area contributed by atoms with Gasteiger partial charge in [0, 0.05) is 12.2 Å². The maximum Gasteiger partial charge on any atom is 0.241 e. The normalized spacial score (nSPS) is 22.9. The fourth-order valence-electron chi connectivity index (χ4n) is 2.84. The molecule has 1 atom stereocenters. The lowest BCUT2D eigenvalue weighted by Gasteiger charge is -2.30. The summed E-state index contributed by atoms with van der Waals surface area (Å²) < 4.78 is 0. The van der Waals surface area contributed by atoms with E-state index in [4.69, 9.17) is 0 Å². The Kier molecular flexibility index (Phi) is 2.44. The van der Waals surface area contributed by atoms with Crippen LogP contribution >= 0.6 is 0 Å². The molecular weight excluding hydrogens is 212 g/mol. The van der Waals surface area contributed by atoms with Gasteiger partial charge in [-0.3, -0.25) is 4.79 Å². The first kappa shape index (κ1) is 10.8. The zero-order chi connectivity index (χ0) is 12.0. The van der Waals surface area contributed by atoms with Crippen molar-refractivity contribution < 1.29 is 4.79 Å². The van der Waals surface area contributed by atoms with Crippen LogP contribution in [0.5, 0.6) is 0 Å². The Morgan fingerprint density at radius 1 is 1.41 bits per heavy atom. The highest BCUT2D eigenvalue weighted by molar-refractivity contribution is 5.98. The number of rotatable bonds is 1. The number of piperazine rings is 1. The fourth-order valence-corrected chi connectivity index (χ4v) is 2.84. The summed E-state index contributed by atoms with van der Waals surface area (Å²) in [6.07, 6.45) is 0.995. The number of anilines is 1. The Bertz CT molecular complexity index is 467. The number of hydrogen-bond donors (Lipinski definition) is 1. The van der Waals surface area contributed by atoms with Crippen LogP contribution in [-0.4, -0.2) is 25.0 Å². The van der Waals surface area contributed by atoms with E-state index in [0.29, 0.717) is 18.5 Å². The molecule has 90 valence electrons. The summed E-state index contributed by atoms with van der Waals surface area (Å²) in [4.78, 5) is 13.9. The lowest BCUT2D eigenvalue weighted by molar-refractivity contribution is -0.119. The average Bonchev–Trinajstić information content (AvgIpc) is 2.67. The van der Waals surface area contributed by atoms with E-state index < -0.39 is 0 Å². The number of carbonyl (C=O) groups is 1. The second-order valence-corrected chi connectivity index (χ2v) is 5.30. The maximum absolute atomic E-state index is 11.9. The van der Waals surface area contributed by atoms with Crippen molar-refractivity contribution in [3.63, 3.8) is 0 Å². The van der Waals surface area contributed by atoms with Crippen molar-refractivity contribution in [1.29, 1.82) is 0 Å². The number of benzene rings is 1. The summed E-state index contributed by atoms with van der Waals surface area (Å²) >= 11 is 0. The lowest BCUT2D eigenvalue weighted by atomic mass is 9.99. The number of hydrogen-bond acceptors (Lipinski definition) is 2. The van der Waals surface area contributed by atoms with Gasteiger partial charge in [0.25, 0.3) is 0 Å². The molecule has 3 heteroatoms. The predicted octanol–water partition coefficient (Wildman–Crippen LogP) is 1.67. The second kappa shape index (κ2) is 3.84. The van der Waals surface area contributed by atoms with Gasteiger partial charge in [0.1, 0.15) is 0 Å². The van der Waals surface area contributed by atoms with Gasteiger partial charge in [0.2, 0.25) is 5.91 Å². The quantitative estimate of drug-likeness (QED) is 0.796. The standard InChI is InChI=1S/C14H18N2O/c1-9(2)10-3-4-13-11(5-10)6-12-7-15-8-14(17)16(12)13/h3-5,9,12,15H,6-8H2,1-2H3. The summed E-state index contributed by atoms with van der Waals surface area (Å²) in [5, 5.41) is 3.19. The monoisotopic (exact) mass is 230 g/mol. The highest BCUT2D eigenvalue weighted by Gasteiger charge is 2.36. The van der Waals surface area contributed by atoms with Crippen molar-refractivity contribution >= 4 is 11.6 Å². The van der Waals surface area contributed by atoms with E-state index in [2.05, 4.69) is 37.4 Å². The molecule has 0 radical (unpaired) electrons.